The number of rotatable bonds is 8. The number of urea groups is 1. The lowest BCUT2D eigenvalue weighted by Crippen LogP contribution is -2.30. The van der Waals surface area contributed by atoms with Gasteiger partial charge in [0.25, 0.3) is 0 Å². The van der Waals surface area contributed by atoms with Gasteiger partial charge in [-0.2, -0.15) is 0 Å². The Kier molecular flexibility index (Phi) is 6.63. The van der Waals surface area contributed by atoms with E-state index in [0.29, 0.717) is 24.4 Å². The number of carbonyl (C=O) groups is 2. The minimum absolute atomic E-state index is 0.0552. The number of thiophene rings is 1. The van der Waals surface area contributed by atoms with Gasteiger partial charge in [-0.25, -0.2) is 9.18 Å². The van der Waals surface area contributed by atoms with Crippen molar-refractivity contribution in [1.29, 1.82) is 0 Å². The van der Waals surface area contributed by atoms with Crippen molar-refractivity contribution in [3.05, 3.63) is 66.2 Å². The fourth-order valence-corrected chi connectivity index (χ4v) is 5.45. The summed E-state index contributed by atoms with van der Waals surface area (Å²) in [6.07, 6.45) is 7.79. The minimum atomic E-state index is -0.580. The summed E-state index contributed by atoms with van der Waals surface area (Å²) in [6, 6.07) is 11.9. The molecule has 6 rings (SSSR count). The zero-order chi connectivity index (χ0) is 26.1. The van der Waals surface area contributed by atoms with Gasteiger partial charge in [0.05, 0.1) is 20.8 Å². The van der Waals surface area contributed by atoms with Gasteiger partial charge in [0.15, 0.2) is 11.6 Å². The van der Waals surface area contributed by atoms with Crippen molar-refractivity contribution >= 4 is 39.2 Å². The summed E-state index contributed by atoms with van der Waals surface area (Å²) < 4.78 is 21.5. The summed E-state index contributed by atoms with van der Waals surface area (Å²) in [7, 11) is 0. The van der Waals surface area contributed by atoms with E-state index in [1.54, 1.807) is 18.3 Å². The van der Waals surface area contributed by atoms with Crippen LogP contribution in [-0.2, 0) is 11.2 Å². The van der Waals surface area contributed by atoms with Crippen molar-refractivity contribution in [1.82, 2.24) is 20.2 Å². The fraction of sp³-hybridized carbons (Fsp3) is 0.286. The number of amides is 3. The molecule has 2 aliphatic rings. The quantitative estimate of drug-likeness (QED) is 0.302. The second kappa shape index (κ2) is 10.4. The molecule has 10 heteroatoms. The first kappa shape index (κ1) is 24.3. The molecule has 1 saturated heterocycles. The Morgan fingerprint density at radius 3 is 2.76 bits per heavy atom. The smallest absolute Gasteiger partial charge is 0.319 e. The van der Waals surface area contributed by atoms with E-state index >= 15 is 0 Å². The van der Waals surface area contributed by atoms with Crippen LogP contribution in [0.2, 0.25) is 0 Å². The summed E-state index contributed by atoms with van der Waals surface area (Å²) in [5, 5.41) is 5.45. The number of fused-ring (bicyclic) bond motifs is 1. The molecule has 0 atom stereocenters. The SMILES string of the molecule is O=C(Nc1ccc(Oc2ccnc3cc(-c4ccc(CCN5CCCC5=O)cn4)sc23)c(F)c1)NC1CC1. The van der Waals surface area contributed by atoms with Crippen LogP contribution < -0.4 is 15.4 Å². The molecule has 2 fully saturated rings. The Morgan fingerprint density at radius 2 is 2.03 bits per heavy atom. The number of benzene rings is 1. The molecule has 194 valence electrons. The van der Waals surface area contributed by atoms with Crippen molar-refractivity contribution < 1.29 is 18.7 Å². The molecule has 8 nitrogen and oxygen atoms in total. The summed E-state index contributed by atoms with van der Waals surface area (Å²) in [5.74, 6) is 0.196. The van der Waals surface area contributed by atoms with E-state index in [1.165, 1.54) is 23.5 Å². The van der Waals surface area contributed by atoms with Gasteiger partial charge in [-0.1, -0.05) is 6.07 Å². The van der Waals surface area contributed by atoms with Crippen LogP contribution in [0.15, 0.2) is 54.9 Å². The first-order chi connectivity index (χ1) is 18.5. The van der Waals surface area contributed by atoms with Crippen LogP contribution >= 0.6 is 11.3 Å². The average Bonchev–Trinajstić information content (AvgIpc) is 3.44. The molecular weight excluding hydrogens is 505 g/mol. The van der Waals surface area contributed by atoms with Crippen LogP contribution in [0.4, 0.5) is 14.9 Å². The average molecular weight is 532 g/mol. The van der Waals surface area contributed by atoms with Crippen LogP contribution in [0.3, 0.4) is 0 Å². The van der Waals surface area contributed by atoms with Crippen LogP contribution in [0.25, 0.3) is 20.8 Å². The minimum Gasteiger partial charge on any atom is -0.453 e. The molecule has 2 N–H and O–H groups in total. The van der Waals surface area contributed by atoms with Crippen molar-refractivity contribution in [3.63, 3.8) is 0 Å². The second-order valence-electron chi connectivity index (χ2n) is 9.54. The summed E-state index contributed by atoms with van der Waals surface area (Å²) >= 11 is 1.47. The number of anilines is 1. The van der Waals surface area contributed by atoms with Gasteiger partial charge < -0.3 is 20.3 Å². The molecule has 1 aliphatic carbocycles. The number of pyridine rings is 2. The molecule has 38 heavy (non-hydrogen) atoms. The van der Waals surface area contributed by atoms with Gasteiger partial charge in [-0.05, 0) is 55.5 Å². The molecule has 1 saturated carbocycles. The number of carbonyl (C=O) groups excluding carboxylic acids is 2. The number of nitrogens with one attached hydrogen (secondary N) is 2. The second-order valence-corrected chi connectivity index (χ2v) is 10.6. The zero-order valence-electron chi connectivity index (χ0n) is 20.6. The van der Waals surface area contributed by atoms with Crippen LogP contribution in [0.5, 0.6) is 11.5 Å². The van der Waals surface area contributed by atoms with Crippen molar-refractivity contribution in [2.24, 2.45) is 0 Å². The lowest BCUT2D eigenvalue weighted by atomic mass is 10.2. The molecule has 1 aromatic carbocycles. The Labute approximate surface area is 222 Å². The van der Waals surface area contributed by atoms with Gasteiger partial charge in [-0.3, -0.25) is 14.8 Å². The van der Waals surface area contributed by atoms with E-state index in [4.69, 9.17) is 4.74 Å². The maximum absolute atomic E-state index is 14.8. The van der Waals surface area contributed by atoms with Crippen LogP contribution in [-0.4, -0.2) is 45.9 Å². The maximum atomic E-state index is 14.8. The topological polar surface area (TPSA) is 96.5 Å². The summed E-state index contributed by atoms with van der Waals surface area (Å²) in [4.78, 5) is 35.7. The standard InChI is InChI=1S/C28H26FN5O3S/c29-20-14-19(33-28(36)32-18-4-5-18)6-8-23(20)37-24-9-11-30-22-15-25(38-27(22)24)21-7-3-17(16-31-21)10-13-34-12-1-2-26(34)35/h3,6-9,11,14-16,18H,1-2,4-5,10,12-13H2,(H2,32,33,36). The van der Waals surface area contributed by atoms with E-state index in [2.05, 4.69) is 20.6 Å². The van der Waals surface area contributed by atoms with Gasteiger partial charge in [-0.15, -0.1) is 11.3 Å². The summed E-state index contributed by atoms with van der Waals surface area (Å²) in [5.41, 5.74) is 2.98. The number of nitrogens with zero attached hydrogens (tertiary/aromatic N) is 3. The van der Waals surface area contributed by atoms with Crippen LogP contribution in [0.1, 0.15) is 31.2 Å². The highest BCUT2D eigenvalue weighted by atomic mass is 32.1. The lowest BCUT2D eigenvalue weighted by Gasteiger charge is -2.14. The number of halogens is 1. The number of ether oxygens (including phenoxy) is 1. The van der Waals surface area contributed by atoms with E-state index < -0.39 is 5.82 Å². The Balaban J connectivity index is 1.15. The third kappa shape index (κ3) is 5.45. The fourth-order valence-electron chi connectivity index (χ4n) is 4.40. The van der Waals surface area contributed by atoms with Gasteiger partial charge in [0.1, 0.15) is 5.75 Å². The molecule has 0 spiro atoms. The highest BCUT2D eigenvalue weighted by Crippen LogP contribution is 2.39. The highest BCUT2D eigenvalue weighted by Gasteiger charge is 2.23. The van der Waals surface area contributed by atoms with E-state index in [0.717, 1.165) is 58.6 Å². The number of hydrogen-bond acceptors (Lipinski definition) is 6. The third-order valence-electron chi connectivity index (χ3n) is 6.62. The Morgan fingerprint density at radius 1 is 1.13 bits per heavy atom. The molecule has 0 unspecified atom stereocenters. The molecule has 0 radical (unpaired) electrons. The normalized spacial score (nSPS) is 15.2. The molecule has 4 heterocycles. The first-order valence-electron chi connectivity index (χ1n) is 12.7. The molecule has 0 bridgehead atoms. The van der Waals surface area contributed by atoms with Crippen molar-refractivity contribution in [2.75, 3.05) is 18.4 Å². The highest BCUT2D eigenvalue weighted by molar-refractivity contribution is 7.22. The Hall–Kier alpha value is -4.05. The maximum Gasteiger partial charge on any atom is 0.319 e. The van der Waals surface area contributed by atoms with Gasteiger partial charge >= 0.3 is 6.03 Å². The van der Waals surface area contributed by atoms with Gasteiger partial charge in [0, 0.05) is 55.8 Å². The molecule has 1 aliphatic heterocycles. The molecule has 3 amide bonds. The van der Waals surface area contributed by atoms with Gasteiger partial charge in [0.2, 0.25) is 5.91 Å². The van der Waals surface area contributed by atoms with E-state index in [9.17, 15) is 14.0 Å². The number of aromatic nitrogens is 2. The lowest BCUT2D eigenvalue weighted by molar-refractivity contribution is -0.127. The molecular formula is C28H26FN5O3S. The van der Waals surface area contributed by atoms with Crippen molar-refractivity contribution in [2.45, 2.75) is 38.1 Å². The number of hydrogen-bond donors (Lipinski definition) is 2. The summed E-state index contributed by atoms with van der Waals surface area (Å²) in [6.45, 7) is 1.56. The zero-order valence-corrected chi connectivity index (χ0v) is 21.4. The monoisotopic (exact) mass is 531 g/mol. The predicted octanol–water partition coefficient (Wildman–Crippen LogP) is 5.74. The largest absolute Gasteiger partial charge is 0.453 e. The number of likely N-dealkylation sites (tertiary alicyclic amines) is 1. The molecule has 4 aromatic rings. The molecule has 3 aromatic heterocycles. The van der Waals surface area contributed by atoms with E-state index in [-0.39, 0.29) is 23.7 Å². The van der Waals surface area contributed by atoms with Crippen LogP contribution in [0, 0.1) is 5.82 Å². The predicted molar refractivity (Wildman–Crippen MR) is 144 cm³/mol. The Bertz CT molecular complexity index is 1500. The first-order valence-corrected chi connectivity index (χ1v) is 13.5. The third-order valence-corrected chi connectivity index (χ3v) is 7.78. The van der Waals surface area contributed by atoms with E-state index in [1.807, 2.05) is 29.3 Å². The van der Waals surface area contributed by atoms with Crippen molar-refractivity contribution in [3.8, 4) is 22.1 Å².